The van der Waals surface area contributed by atoms with Crippen molar-refractivity contribution in [2.75, 3.05) is 5.75 Å². The third-order valence-electron chi connectivity index (χ3n) is 3.41. The first-order valence-corrected chi connectivity index (χ1v) is 8.25. The highest BCUT2D eigenvalue weighted by Gasteiger charge is 2.21. The van der Waals surface area contributed by atoms with E-state index >= 15 is 0 Å². The number of rotatable bonds is 3. The van der Waals surface area contributed by atoms with Crippen LogP contribution in [0.5, 0.6) is 0 Å². The Bertz CT molecular complexity index is 782. The second kappa shape index (κ2) is 5.00. The molecule has 104 valence electrons. The highest BCUT2D eigenvalue weighted by Crippen LogP contribution is 2.18. The molecule has 1 aliphatic heterocycles. The Morgan fingerprint density at radius 1 is 1.35 bits per heavy atom. The Kier molecular flexibility index (Phi) is 3.31. The van der Waals surface area contributed by atoms with E-state index in [9.17, 15) is 8.42 Å². The first kappa shape index (κ1) is 13.3. The first-order valence-electron chi connectivity index (χ1n) is 6.53. The predicted octanol–water partition coefficient (Wildman–Crippen LogP) is 1.94. The van der Waals surface area contributed by atoms with Gasteiger partial charge in [-0.15, -0.1) is 0 Å². The summed E-state index contributed by atoms with van der Waals surface area (Å²) in [5.41, 5.74) is 3.08. The maximum atomic E-state index is 11.4. The number of fused-ring (bicyclic) bond motifs is 1. The van der Waals surface area contributed by atoms with Crippen LogP contribution < -0.4 is 5.32 Å². The molecular weight excluding hydrogens is 272 g/mol. The van der Waals surface area contributed by atoms with E-state index in [1.165, 1.54) is 5.41 Å². The molecule has 1 aromatic heterocycles. The monoisotopic (exact) mass is 288 g/mol. The molecule has 2 heterocycles. The summed E-state index contributed by atoms with van der Waals surface area (Å²) in [5.74, 6) is 0.148. The van der Waals surface area contributed by atoms with Crippen LogP contribution in [0.3, 0.4) is 0 Å². The summed E-state index contributed by atoms with van der Waals surface area (Å²) < 4.78 is 22.8. The molecule has 0 radical (unpaired) electrons. The quantitative estimate of drug-likeness (QED) is 0.937. The van der Waals surface area contributed by atoms with Gasteiger partial charge in [-0.3, -0.25) is 4.98 Å². The lowest BCUT2D eigenvalue weighted by atomic mass is 10.1. The summed E-state index contributed by atoms with van der Waals surface area (Å²) in [6.07, 6.45) is 1.71. The van der Waals surface area contributed by atoms with Crippen LogP contribution in [-0.2, 0) is 16.4 Å². The van der Waals surface area contributed by atoms with Gasteiger partial charge in [0.05, 0.1) is 11.3 Å². The minimum atomic E-state index is -3.01. The van der Waals surface area contributed by atoms with Crippen molar-refractivity contribution in [1.82, 2.24) is 10.3 Å². The van der Waals surface area contributed by atoms with Crippen molar-refractivity contribution in [2.45, 2.75) is 19.5 Å². The van der Waals surface area contributed by atoms with E-state index in [4.69, 9.17) is 0 Å². The largest absolute Gasteiger partial charge is 0.305 e. The fourth-order valence-corrected chi connectivity index (χ4v) is 3.75. The molecule has 1 N–H and O–H groups in total. The molecule has 4 nitrogen and oxygen atoms in total. The van der Waals surface area contributed by atoms with Gasteiger partial charge in [-0.1, -0.05) is 24.3 Å². The molecule has 20 heavy (non-hydrogen) atoms. The standard InChI is InChI=1S/C15H16N2O2S/c1-11-8-12(14-4-2-3-5-15(14)17-11)9-16-13-6-7-20(18,19)10-13/h2-8,13,16H,9-10H2,1H3. The summed E-state index contributed by atoms with van der Waals surface area (Å²) in [6, 6.07) is 9.93. The average Bonchev–Trinajstić information content (AvgIpc) is 2.75. The Morgan fingerprint density at radius 3 is 2.90 bits per heavy atom. The van der Waals surface area contributed by atoms with Crippen molar-refractivity contribution in [3.05, 3.63) is 53.1 Å². The van der Waals surface area contributed by atoms with E-state index in [0.717, 1.165) is 22.2 Å². The van der Waals surface area contributed by atoms with E-state index in [1.54, 1.807) is 6.08 Å². The van der Waals surface area contributed by atoms with Gasteiger partial charge in [-0.2, -0.15) is 0 Å². The fourth-order valence-electron chi connectivity index (χ4n) is 2.49. The molecule has 1 atom stereocenters. The molecule has 0 bridgehead atoms. The Balaban J connectivity index is 1.83. The maximum absolute atomic E-state index is 11.4. The van der Waals surface area contributed by atoms with E-state index in [0.29, 0.717) is 6.54 Å². The molecule has 0 amide bonds. The molecule has 2 aromatic rings. The second-order valence-electron chi connectivity index (χ2n) is 5.09. The van der Waals surface area contributed by atoms with Gasteiger partial charge in [0.1, 0.15) is 0 Å². The molecule has 5 heteroatoms. The van der Waals surface area contributed by atoms with Gasteiger partial charge >= 0.3 is 0 Å². The third-order valence-corrected chi connectivity index (χ3v) is 4.81. The van der Waals surface area contributed by atoms with Crippen molar-refractivity contribution in [2.24, 2.45) is 0 Å². The van der Waals surface area contributed by atoms with Gasteiger partial charge < -0.3 is 5.32 Å². The molecule has 0 fully saturated rings. The molecule has 1 unspecified atom stereocenters. The van der Waals surface area contributed by atoms with Crippen molar-refractivity contribution >= 4 is 20.7 Å². The molecule has 0 saturated heterocycles. The molecule has 0 saturated carbocycles. The maximum Gasteiger partial charge on any atom is 0.173 e. The number of para-hydroxylation sites is 1. The zero-order valence-electron chi connectivity index (χ0n) is 11.2. The van der Waals surface area contributed by atoms with Gasteiger partial charge in [0.2, 0.25) is 0 Å². The summed E-state index contributed by atoms with van der Waals surface area (Å²) >= 11 is 0. The van der Waals surface area contributed by atoms with Crippen molar-refractivity contribution < 1.29 is 8.42 Å². The first-order chi connectivity index (χ1) is 9.53. The summed E-state index contributed by atoms with van der Waals surface area (Å²) in [4.78, 5) is 4.50. The van der Waals surface area contributed by atoms with E-state index in [1.807, 2.05) is 37.3 Å². The van der Waals surface area contributed by atoms with Crippen LogP contribution in [-0.4, -0.2) is 25.2 Å². The second-order valence-corrected chi connectivity index (χ2v) is 7.02. The normalized spacial score (nSPS) is 20.6. The molecule has 1 aromatic carbocycles. The van der Waals surface area contributed by atoms with Crippen molar-refractivity contribution in [3.63, 3.8) is 0 Å². The fraction of sp³-hybridized carbons (Fsp3) is 0.267. The number of aromatic nitrogens is 1. The SMILES string of the molecule is Cc1cc(CNC2C=CS(=O)(=O)C2)c2ccccc2n1. The van der Waals surface area contributed by atoms with Crippen LogP contribution in [0.1, 0.15) is 11.3 Å². The van der Waals surface area contributed by atoms with E-state index in [2.05, 4.69) is 10.3 Å². The van der Waals surface area contributed by atoms with Crippen LogP contribution >= 0.6 is 0 Å². The lowest BCUT2D eigenvalue weighted by Crippen LogP contribution is -2.29. The number of benzene rings is 1. The highest BCUT2D eigenvalue weighted by molar-refractivity contribution is 7.94. The van der Waals surface area contributed by atoms with Gasteiger partial charge in [0.15, 0.2) is 9.84 Å². The highest BCUT2D eigenvalue weighted by atomic mass is 32.2. The van der Waals surface area contributed by atoms with E-state index < -0.39 is 9.84 Å². The Labute approximate surface area is 118 Å². The lowest BCUT2D eigenvalue weighted by Gasteiger charge is -2.12. The summed E-state index contributed by atoms with van der Waals surface area (Å²) in [7, 11) is -3.01. The number of nitrogens with zero attached hydrogens (tertiary/aromatic N) is 1. The molecule has 3 rings (SSSR count). The predicted molar refractivity (Wildman–Crippen MR) is 80.0 cm³/mol. The van der Waals surface area contributed by atoms with Gasteiger partial charge in [-0.05, 0) is 24.6 Å². The zero-order chi connectivity index (χ0) is 14.2. The Hall–Kier alpha value is -1.72. The van der Waals surface area contributed by atoms with Crippen molar-refractivity contribution in [1.29, 1.82) is 0 Å². The van der Waals surface area contributed by atoms with Crippen LogP contribution in [0.15, 0.2) is 41.8 Å². The van der Waals surface area contributed by atoms with Crippen LogP contribution in [0.4, 0.5) is 0 Å². The van der Waals surface area contributed by atoms with Gasteiger partial charge in [0, 0.05) is 29.1 Å². The van der Waals surface area contributed by atoms with Gasteiger partial charge in [-0.25, -0.2) is 8.42 Å². The number of nitrogens with one attached hydrogen (secondary N) is 1. The number of aryl methyl sites for hydroxylation is 1. The van der Waals surface area contributed by atoms with Crippen LogP contribution in [0.2, 0.25) is 0 Å². The van der Waals surface area contributed by atoms with Crippen LogP contribution in [0, 0.1) is 6.92 Å². The lowest BCUT2D eigenvalue weighted by molar-refractivity contribution is 0.591. The van der Waals surface area contributed by atoms with Crippen molar-refractivity contribution in [3.8, 4) is 0 Å². The number of hydrogen-bond donors (Lipinski definition) is 1. The summed E-state index contributed by atoms with van der Waals surface area (Å²) in [5, 5.41) is 5.68. The molecule has 0 spiro atoms. The van der Waals surface area contributed by atoms with E-state index in [-0.39, 0.29) is 11.8 Å². The molecule has 0 aliphatic carbocycles. The minimum absolute atomic E-state index is 0.104. The average molecular weight is 288 g/mol. The molecule has 1 aliphatic rings. The summed E-state index contributed by atoms with van der Waals surface area (Å²) in [6.45, 7) is 2.60. The van der Waals surface area contributed by atoms with Crippen LogP contribution in [0.25, 0.3) is 10.9 Å². The number of hydrogen-bond acceptors (Lipinski definition) is 4. The number of pyridine rings is 1. The third kappa shape index (κ3) is 2.73. The minimum Gasteiger partial charge on any atom is -0.305 e. The smallest absolute Gasteiger partial charge is 0.173 e. The zero-order valence-corrected chi connectivity index (χ0v) is 12.0. The topological polar surface area (TPSA) is 59.1 Å². The number of sulfone groups is 1. The van der Waals surface area contributed by atoms with Gasteiger partial charge in [0.25, 0.3) is 0 Å². The Morgan fingerprint density at radius 2 is 2.15 bits per heavy atom. The molecular formula is C15H16N2O2S.